The quantitative estimate of drug-likeness (QED) is 0.677. The van der Waals surface area contributed by atoms with Gasteiger partial charge in [-0.25, -0.2) is 4.79 Å². The van der Waals surface area contributed by atoms with Gasteiger partial charge in [-0.1, -0.05) is 26.2 Å². The summed E-state index contributed by atoms with van der Waals surface area (Å²) in [5.74, 6) is 0.136. The fraction of sp³-hybridized carbons (Fsp3) is 0.900. The normalized spacial score (nSPS) is 30.1. The maximum absolute atomic E-state index is 11.1. The van der Waals surface area contributed by atoms with Crippen molar-refractivity contribution in [3.63, 3.8) is 0 Å². The van der Waals surface area contributed by atoms with Gasteiger partial charge in [0.1, 0.15) is 0 Å². The highest BCUT2D eigenvalue weighted by Gasteiger charge is 2.35. The molecule has 0 bridgehead atoms. The minimum absolute atomic E-state index is 0.123. The first-order chi connectivity index (χ1) is 6.20. The van der Waals surface area contributed by atoms with Crippen LogP contribution in [-0.2, 0) is 9.53 Å². The molecule has 0 aromatic carbocycles. The number of aliphatic hydroxyl groups excluding tert-OH is 1. The minimum Gasteiger partial charge on any atom is -0.467 e. The van der Waals surface area contributed by atoms with Gasteiger partial charge in [0, 0.05) is 0 Å². The van der Waals surface area contributed by atoms with E-state index in [9.17, 15) is 9.90 Å². The second-order valence-electron chi connectivity index (χ2n) is 3.73. The van der Waals surface area contributed by atoms with E-state index in [1.165, 1.54) is 7.11 Å². The van der Waals surface area contributed by atoms with Crippen LogP contribution in [0.4, 0.5) is 0 Å². The molecule has 0 heterocycles. The number of rotatable bonds is 3. The molecule has 76 valence electrons. The summed E-state index contributed by atoms with van der Waals surface area (Å²) < 4.78 is 4.53. The van der Waals surface area contributed by atoms with Gasteiger partial charge >= 0.3 is 5.97 Å². The highest BCUT2D eigenvalue weighted by Crippen LogP contribution is 2.36. The Hall–Kier alpha value is -0.570. The van der Waals surface area contributed by atoms with Crippen LogP contribution in [0, 0.1) is 11.8 Å². The second kappa shape index (κ2) is 4.61. The third kappa shape index (κ3) is 2.21. The molecule has 0 radical (unpaired) electrons. The number of methoxy groups -OCH3 is 1. The van der Waals surface area contributed by atoms with Crippen molar-refractivity contribution in [1.82, 2.24) is 0 Å². The summed E-state index contributed by atoms with van der Waals surface area (Å²) >= 11 is 0. The average molecular weight is 186 g/mol. The Labute approximate surface area is 79.1 Å². The number of esters is 1. The van der Waals surface area contributed by atoms with Gasteiger partial charge in [-0.05, 0) is 18.3 Å². The Kier molecular flexibility index (Phi) is 3.72. The molecular weight excluding hydrogens is 168 g/mol. The van der Waals surface area contributed by atoms with Gasteiger partial charge in [0.2, 0.25) is 0 Å². The molecule has 0 aromatic rings. The topological polar surface area (TPSA) is 46.5 Å². The van der Waals surface area contributed by atoms with Gasteiger partial charge < -0.3 is 9.84 Å². The molecule has 1 rings (SSSR count). The molecule has 13 heavy (non-hydrogen) atoms. The van der Waals surface area contributed by atoms with E-state index in [0.717, 1.165) is 25.7 Å². The van der Waals surface area contributed by atoms with E-state index >= 15 is 0 Å². The zero-order valence-electron chi connectivity index (χ0n) is 8.32. The first kappa shape index (κ1) is 10.5. The van der Waals surface area contributed by atoms with Gasteiger partial charge in [-0.3, -0.25) is 0 Å². The Morgan fingerprint density at radius 1 is 1.62 bits per heavy atom. The Morgan fingerprint density at radius 3 is 2.85 bits per heavy atom. The van der Waals surface area contributed by atoms with Crippen LogP contribution < -0.4 is 0 Å². The number of carbonyl (C=O) groups is 1. The predicted molar refractivity (Wildman–Crippen MR) is 49.1 cm³/mol. The molecule has 1 fully saturated rings. The van der Waals surface area contributed by atoms with Crippen molar-refractivity contribution in [1.29, 1.82) is 0 Å². The largest absolute Gasteiger partial charge is 0.467 e. The van der Waals surface area contributed by atoms with E-state index in [4.69, 9.17) is 0 Å². The SMILES string of the molecule is CCC1CCCC1C(O)C(=O)OC. The van der Waals surface area contributed by atoms with E-state index in [1.807, 2.05) is 0 Å². The summed E-state index contributed by atoms with van der Waals surface area (Å²) in [4.78, 5) is 11.1. The van der Waals surface area contributed by atoms with Crippen LogP contribution in [0.15, 0.2) is 0 Å². The number of carbonyl (C=O) groups excluding carboxylic acids is 1. The summed E-state index contributed by atoms with van der Waals surface area (Å²) in [6.45, 7) is 2.10. The molecule has 3 unspecified atom stereocenters. The van der Waals surface area contributed by atoms with Crippen molar-refractivity contribution >= 4 is 5.97 Å². The van der Waals surface area contributed by atoms with E-state index < -0.39 is 12.1 Å². The van der Waals surface area contributed by atoms with Crippen molar-refractivity contribution in [2.24, 2.45) is 11.8 Å². The maximum Gasteiger partial charge on any atom is 0.334 e. The van der Waals surface area contributed by atoms with E-state index in [2.05, 4.69) is 11.7 Å². The van der Waals surface area contributed by atoms with Gasteiger partial charge in [0.25, 0.3) is 0 Å². The molecule has 0 aliphatic heterocycles. The second-order valence-corrected chi connectivity index (χ2v) is 3.73. The van der Waals surface area contributed by atoms with Crippen molar-refractivity contribution < 1.29 is 14.6 Å². The molecule has 1 aliphatic carbocycles. The van der Waals surface area contributed by atoms with Crippen molar-refractivity contribution in [2.75, 3.05) is 7.11 Å². The molecule has 0 aromatic heterocycles. The van der Waals surface area contributed by atoms with E-state index in [0.29, 0.717) is 5.92 Å². The van der Waals surface area contributed by atoms with Crippen molar-refractivity contribution in [3.05, 3.63) is 0 Å². The molecule has 1 saturated carbocycles. The monoisotopic (exact) mass is 186 g/mol. The third-order valence-electron chi connectivity index (χ3n) is 3.09. The lowest BCUT2D eigenvalue weighted by atomic mass is 9.89. The molecule has 3 nitrogen and oxygen atoms in total. The van der Waals surface area contributed by atoms with Crippen LogP contribution in [0.1, 0.15) is 32.6 Å². The third-order valence-corrected chi connectivity index (χ3v) is 3.09. The van der Waals surface area contributed by atoms with Crippen molar-refractivity contribution in [3.8, 4) is 0 Å². The van der Waals surface area contributed by atoms with Crippen molar-refractivity contribution in [2.45, 2.75) is 38.7 Å². The first-order valence-electron chi connectivity index (χ1n) is 4.96. The lowest BCUT2D eigenvalue weighted by Gasteiger charge is -2.21. The minimum atomic E-state index is -0.905. The lowest BCUT2D eigenvalue weighted by Crippen LogP contribution is -2.32. The summed E-state index contributed by atoms with van der Waals surface area (Å²) in [6.07, 6.45) is 3.34. The standard InChI is InChI=1S/C10H18O3/c1-3-7-5-4-6-8(7)9(11)10(12)13-2/h7-9,11H,3-6H2,1-2H3. The summed E-state index contributed by atoms with van der Waals surface area (Å²) in [7, 11) is 1.32. The van der Waals surface area contributed by atoms with Crippen LogP contribution in [0.2, 0.25) is 0 Å². The molecule has 0 amide bonds. The van der Waals surface area contributed by atoms with E-state index in [1.54, 1.807) is 0 Å². The zero-order valence-corrected chi connectivity index (χ0v) is 8.32. The summed E-state index contributed by atoms with van der Waals surface area (Å²) in [6, 6.07) is 0. The van der Waals surface area contributed by atoms with Crippen LogP contribution in [-0.4, -0.2) is 24.3 Å². The Balaban J connectivity index is 2.54. The molecule has 3 atom stereocenters. The first-order valence-corrected chi connectivity index (χ1v) is 4.96. The molecule has 1 aliphatic rings. The lowest BCUT2D eigenvalue weighted by molar-refractivity contribution is -0.154. The van der Waals surface area contributed by atoms with Crippen LogP contribution in [0.5, 0.6) is 0 Å². The van der Waals surface area contributed by atoms with Gasteiger partial charge in [0.15, 0.2) is 6.10 Å². The Bertz CT molecular complexity index is 179. The van der Waals surface area contributed by atoms with E-state index in [-0.39, 0.29) is 5.92 Å². The summed E-state index contributed by atoms with van der Waals surface area (Å²) in [5, 5.41) is 9.64. The molecule has 1 N–H and O–H groups in total. The fourth-order valence-electron chi connectivity index (χ4n) is 2.28. The van der Waals surface area contributed by atoms with Crippen LogP contribution >= 0.6 is 0 Å². The highest BCUT2D eigenvalue weighted by molar-refractivity contribution is 5.74. The number of ether oxygens (including phenoxy) is 1. The number of hydrogen-bond acceptors (Lipinski definition) is 3. The number of aliphatic hydroxyl groups is 1. The van der Waals surface area contributed by atoms with Gasteiger partial charge in [-0.15, -0.1) is 0 Å². The predicted octanol–water partition coefficient (Wildman–Crippen LogP) is 1.35. The molecule has 3 heteroatoms. The summed E-state index contributed by atoms with van der Waals surface area (Å²) in [5.41, 5.74) is 0. The van der Waals surface area contributed by atoms with Crippen LogP contribution in [0.25, 0.3) is 0 Å². The average Bonchev–Trinajstić information content (AvgIpc) is 2.62. The van der Waals surface area contributed by atoms with Gasteiger partial charge in [-0.2, -0.15) is 0 Å². The zero-order chi connectivity index (χ0) is 9.84. The highest BCUT2D eigenvalue weighted by atomic mass is 16.5. The number of hydrogen-bond donors (Lipinski definition) is 1. The van der Waals surface area contributed by atoms with Gasteiger partial charge in [0.05, 0.1) is 7.11 Å². The maximum atomic E-state index is 11.1. The molecule has 0 spiro atoms. The Morgan fingerprint density at radius 2 is 2.31 bits per heavy atom. The fourth-order valence-corrected chi connectivity index (χ4v) is 2.28. The molecular formula is C10H18O3. The molecule has 0 saturated heterocycles. The van der Waals surface area contributed by atoms with Crippen LogP contribution in [0.3, 0.4) is 0 Å². The smallest absolute Gasteiger partial charge is 0.334 e.